The van der Waals surface area contributed by atoms with E-state index in [1.807, 2.05) is 35.0 Å². The molecule has 1 heterocycles. The van der Waals surface area contributed by atoms with E-state index in [2.05, 4.69) is 10.8 Å². The Hall–Kier alpha value is -2.54. The number of rotatable bonds is 5. The van der Waals surface area contributed by atoms with Crippen molar-refractivity contribution in [3.63, 3.8) is 0 Å². The maximum atomic E-state index is 12.6. The highest BCUT2D eigenvalue weighted by Gasteiger charge is 2.31. The fourth-order valence-electron chi connectivity index (χ4n) is 3.20. The van der Waals surface area contributed by atoms with Crippen LogP contribution in [0.4, 0.5) is 13.2 Å². The van der Waals surface area contributed by atoms with Gasteiger partial charge in [0.05, 0.1) is 6.54 Å². The average Bonchev–Trinajstić information content (AvgIpc) is 2.61. The molecule has 2 aromatic carbocycles. The van der Waals surface area contributed by atoms with E-state index in [9.17, 15) is 18.0 Å². The lowest BCUT2D eigenvalue weighted by Gasteiger charge is -2.30. The van der Waals surface area contributed by atoms with Gasteiger partial charge >= 0.3 is 6.36 Å². The van der Waals surface area contributed by atoms with Gasteiger partial charge in [-0.15, -0.1) is 13.2 Å². The Labute approximate surface area is 156 Å². The van der Waals surface area contributed by atoms with E-state index >= 15 is 0 Å². The molecule has 1 amide bonds. The Balaban J connectivity index is 1.52. The molecule has 0 fully saturated rings. The Bertz CT molecular complexity index is 791. The summed E-state index contributed by atoms with van der Waals surface area (Å²) in [4.78, 5) is 16.3. The quantitative estimate of drug-likeness (QED) is 0.797. The lowest BCUT2D eigenvalue weighted by molar-refractivity contribution is -0.274. The Morgan fingerprint density at radius 2 is 1.78 bits per heavy atom. The molecule has 0 saturated carbocycles. The number of alkyl halides is 3. The smallest absolute Gasteiger partial charge is 0.406 e. The van der Waals surface area contributed by atoms with Gasteiger partial charge in [-0.2, -0.15) is 0 Å². The molecule has 0 aliphatic carbocycles. The van der Waals surface area contributed by atoms with Crippen LogP contribution in [0.25, 0.3) is 0 Å². The van der Waals surface area contributed by atoms with Crippen LogP contribution in [0.1, 0.15) is 16.7 Å². The van der Waals surface area contributed by atoms with Gasteiger partial charge in [-0.3, -0.25) is 9.69 Å². The normalized spacial score (nSPS) is 14.2. The molecule has 144 valence electrons. The monoisotopic (exact) mass is 378 g/mol. The summed E-state index contributed by atoms with van der Waals surface area (Å²) in [6, 6.07) is 13.8. The minimum atomic E-state index is -4.70. The highest BCUT2D eigenvalue weighted by Crippen LogP contribution is 2.23. The summed E-state index contributed by atoms with van der Waals surface area (Å²) in [5.41, 5.74) is 3.28. The first-order valence-electron chi connectivity index (χ1n) is 8.68. The molecule has 0 N–H and O–H groups in total. The van der Waals surface area contributed by atoms with E-state index in [1.165, 1.54) is 23.3 Å². The molecular formula is C20H21F3N2O2. The van der Waals surface area contributed by atoms with Crippen LogP contribution in [0.3, 0.4) is 0 Å². The maximum absolute atomic E-state index is 12.6. The molecule has 0 bridgehead atoms. The average molecular weight is 378 g/mol. The van der Waals surface area contributed by atoms with Crippen molar-refractivity contribution in [2.24, 2.45) is 0 Å². The van der Waals surface area contributed by atoms with Gasteiger partial charge in [0.2, 0.25) is 5.91 Å². The van der Waals surface area contributed by atoms with Gasteiger partial charge in [0.15, 0.2) is 0 Å². The number of carbonyl (C=O) groups excluding carboxylic acids is 1. The molecule has 1 aliphatic rings. The molecule has 1 aliphatic heterocycles. The highest BCUT2D eigenvalue weighted by molar-refractivity contribution is 5.78. The van der Waals surface area contributed by atoms with Crippen LogP contribution < -0.4 is 4.74 Å². The second kappa shape index (κ2) is 8.00. The van der Waals surface area contributed by atoms with E-state index in [4.69, 9.17) is 0 Å². The van der Waals surface area contributed by atoms with Crippen LogP contribution in [0.15, 0.2) is 48.5 Å². The van der Waals surface area contributed by atoms with E-state index in [-0.39, 0.29) is 18.2 Å². The molecule has 0 radical (unpaired) electrons. The van der Waals surface area contributed by atoms with Crippen molar-refractivity contribution < 1.29 is 22.7 Å². The van der Waals surface area contributed by atoms with E-state index in [0.29, 0.717) is 19.6 Å². The zero-order valence-corrected chi connectivity index (χ0v) is 15.0. The third-order valence-electron chi connectivity index (χ3n) is 4.50. The molecule has 0 saturated heterocycles. The molecule has 0 aromatic heterocycles. The van der Waals surface area contributed by atoms with Gasteiger partial charge in [-0.05, 0) is 42.3 Å². The molecule has 3 rings (SSSR count). The minimum absolute atomic E-state index is 0.0454. The maximum Gasteiger partial charge on any atom is 0.573 e. The van der Waals surface area contributed by atoms with Crippen molar-refractivity contribution in [2.45, 2.75) is 25.9 Å². The van der Waals surface area contributed by atoms with Crippen LogP contribution in [-0.2, 0) is 24.3 Å². The predicted molar refractivity (Wildman–Crippen MR) is 95.0 cm³/mol. The summed E-state index contributed by atoms with van der Waals surface area (Å²) in [7, 11) is 1.82. The van der Waals surface area contributed by atoms with Crippen LogP contribution in [-0.4, -0.2) is 42.2 Å². The number of hydrogen-bond acceptors (Lipinski definition) is 3. The third kappa shape index (κ3) is 5.47. The summed E-state index contributed by atoms with van der Waals surface area (Å²) in [6.45, 7) is 2.03. The minimum Gasteiger partial charge on any atom is -0.406 e. The molecule has 0 spiro atoms. The van der Waals surface area contributed by atoms with Gasteiger partial charge in [-0.25, -0.2) is 0 Å². The fourth-order valence-corrected chi connectivity index (χ4v) is 3.20. The number of ether oxygens (including phenoxy) is 1. The van der Waals surface area contributed by atoms with Gasteiger partial charge in [0.1, 0.15) is 5.75 Å². The van der Waals surface area contributed by atoms with Crippen LogP contribution in [0.2, 0.25) is 0 Å². The zero-order chi connectivity index (χ0) is 19.4. The SMILES string of the molecule is CN(CC(=O)N1CCc2ccccc2C1)Cc1ccc(OC(F)(F)F)cc1. The van der Waals surface area contributed by atoms with Crippen LogP contribution in [0, 0.1) is 0 Å². The number of fused-ring (bicyclic) bond motifs is 1. The largest absolute Gasteiger partial charge is 0.573 e. The van der Waals surface area contributed by atoms with Crippen molar-refractivity contribution in [2.75, 3.05) is 20.1 Å². The number of carbonyl (C=O) groups is 1. The van der Waals surface area contributed by atoms with Gasteiger partial charge < -0.3 is 9.64 Å². The molecule has 27 heavy (non-hydrogen) atoms. The van der Waals surface area contributed by atoms with Crippen LogP contribution >= 0.6 is 0 Å². The number of benzene rings is 2. The second-order valence-electron chi connectivity index (χ2n) is 6.70. The second-order valence-corrected chi connectivity index (χ2v) is 6.70. The molecule has 7 heteroatoms. The van der Waals surface area contributed by atoms with Crippen molar-refractivity contribution >= 4 is 5.91 Å². The number of likely N-dealkylation sites (N-methyl/N-ethyl adjacent to an activating group) is 1. The molecule has 4 nitrogen and oxygen atoms in total. The standard InChI is InChI=1S/C20H21F3N2O2/c1-24(12-15-6-8-18(9-7-15)27-20(21,22)23)14-19(26)25-11-10-16-4-2-3-5-17(16)13-25/h2-9H,10-14H2,1H3. The first-order valence-corrected chi connectivity index (χ1v) is 8.68. The fraction of sp³-hybridized carbons (Fsp3) is 0.350. The van der Waals surface area contributed by atoms with E-state index in [0.717, 1.165) is 12.0 Å². The Kier molecular flexibility index (Phi) is 5.70. The Morgan fingerprint density at radius 1 is 1.11 bits per heavy atom. The molecular weight excluding hydrogens is 357 g/mol. The Morgan fingerprint density at radius 3 is 2.44 bits per heavy atom. The topological polar surface area (TPSA) is 32.8 Å². The lowest BCUT2D eigenvalue weighted by Crippen LogP contribution is -2.41. The first kappa shape index (κ1) is 19.2. The highest BCUT2D eigenvalue weighted by atomic mass is 19.4. The molecule has 2 aromatic rings. The van der Waals surface area contributed by atoms with Crippen molar-refractivity contribution in [1.82, 2.24) is 9.80 Å². The van der Waals surface area contributed by atoms with Gasteiger partial charge in [0.25, 0.3) is 0 Å². The van der Waals surface area contributed by atoms with Crippen molar-refractivity contribution in [1.29, 1.82) is 0 Å². The van der Waals surface area contributed by atoms with Crippen molar-refractivity contribution in [3.8, 4) is 5.75 Å². The number of amides is 1. The van der Waals surface area contributed by atoms with Gasteiger partial charge in [0, 0.05) is 19.6 Å². The summed E-state index contributed by atoms with van der Waals surface area (Å²) in [5, 5.41) is 0. The van der Waals surface area contributed by atoms with E-state index < -0.39 is 6.36 Å². The number of nitrogens with zero attached hydrogens (tertiary/aromatic N) is 2. The lowest BCUT2D eigenvalue weighted by atomic mass is 10.00. The zero-order valence-electron chi connectivity index (χ0n) is 15.0. The summed E-state index contributed by atoms with van der Waals surface area (Å²) >= 11 is 0. The van der Waals surface area contributed by atoms with Crippen LogP contribution in [0.5, 0.6) is 5.75 Å². The summed E-state index contributed by atoms with van der Waals surface area (Å²) in [6.07, 6.45) is -3.84. The predicted octanol–water partition coefficient (Wildman–Crippen LogP) is 3.60. The number of halogens is 3. The molecule has 0 atom stereocenters. The number of hydrogen-bond donors (Lipinski definition) is 0. The molecule has 0 unspecified atom stereocenters. The first-order chi connectivity index (χ1) is 12.8. The summed E-state index contributed by atoms with van der Waals surface area (Å²) < 4.78 is 40.4. The van der Waals surface area contributed by atoms with Crippen molar-refractivity contribution in [3.05, 3.63) is 65.2 Å². The summed E-state index contributed by atoms with van der Waals surface area (Å²) in [5.74, 6) is -0.207. The van der Waals surface area contributed by atoms with E-state index in [1.54, 1.807) is 12.1 Å². The van der Waals surface area contributed by atoms with Gasteiger partial charge in [-0.1, -0.05) is 36.4 Å². The third-order valence-corrected chi connectivity index (χ3v) is 4.50.